The predicted molar refractivity (Wildman–Crippen MR) is 74.4 cm³/mol. The summed E-state index contributed by atoms with van der Waals surface area (Å²) in [5, 5.41) is 0. The van der Waals surface area contributed by atoms with E-state index in [9.17, 15) is 9.18 Å². The summed E-state index contributed by atoms with van der Waals surface area (Å²) in [6.45, 7) is 0. The molecule has 0 spiro atoms. The minimum atomic E-state index is -0.287. The zero-order valence-electron chi connectivity index (χ0n) is 9.22. The lowest BCUT2D eigenvalue weighted by molar-refractivity contribution is -0.116. The molecule has 0 N–H and O–H groups in total. The van der Waals surface area contributed by atoms with Crippen LogP contribution in [-0.4, -0.2) is 17.4 Å². The number of benzene rings is 1. The number of thioether (sulfide) groups is 1. The normalized spacial score (nSPS) is 10.5. The third kappa shape index (κ3) is 5.89. The molecule has 0 saturated heterocycles. The van der Waals surface area contributed by atoms with Crippen LogP contribution < -0.4 is 0 Å². The molecule has 1 aromatic rings. The molecule has 17 heavy (non-hydrogen) atoms. The van der Waals surface area contributed by atoms with Crippen molar-refractivity contribution < 1.29 is 9.18 Å². The Morgan fingerprint density at radius 3 is 2.88 bits per heavy atom. The van der Waals surface area contributed by atoms with Gasteiger partial charge in [-0.1, -0.05) is 0 Å². The second kappa shape index (κ2) is 8.11. The van der Waals surface area contributed by atoms with E-state index in [-0.39, 0.29) is 11.6 Å². The van der Waals surface area contributed by atoms with Crippen LogP contribution in [0, 0.1) is 5.82 Å². The highest BCUT2D eigenvalue weighted by molar-refractivity contribution is 9.10. The molecule has 1 rings (SSSR count). The van der Waals surface area contributed by atoms with Crippen molar-refractivity contribution >= 4 is 45.1 Å². The fourth-order valence-corrected chi connectivity index (χ4v) is 2.88. The van der Waals surface area contributed by atoms with Gasteiger partial charge in [-0.2, -0.15) is 0 Å². The first-order chi connectivity index (χ1) is 8.13. The van der Waals surface area contributed by atoms with Gasteiger partial charge in [-0.05, 0) is 47.0 Å². The molecule has 1 aromatic carbocycles. The van der Waals surface area contributed by atoms with E-state index in [1.54, 1.807) is 6.07 Å². The number of carbonyl (C=O) groups excluding carboxylic acids is 1. The Morgan fingerprint density at radius 2 is 2.18 bits per heavy atom. The third-order valence-corrected chi connectivity index (χ3v) is 4.46. The Kier molecular flexibility index (Phi) is 7.16. The van der Waals surface area contributed by atoms with Crippen molar-refractivity contribution in [2.45, 2.75) is 24.2 Å². The van der Waals surface area contributed by atoms with Gasteiger partial charge in [0.2, 0.25) is 0 Å². The van der Waals surface area contributed by atoms with Gasteiger partial charge in [0, 0.05) is 21.7 Å². The maximum absolute atomic E-state index is 13.0. The van der Waals surface area contributed by atoms with E-state index in [0.717, 1.165) is 22.2 Å². The molecular formula is C12H13BrClFOS. The van der Waals surface area contributed by atoms with Crippen LogP contribution in [0.4, 0.5) is 4.39 Å². The average molecular weight is 340 g/mol. The van der Waals surface area contributed by atoms with Crippen LogP contribution in [0.25, 0.3) is 0 Å². The van der Waals surface area contributed by atoms with Crippen molar-refractivity contribution in [3.63, 3.8) is 0 Å². The molecule has 0 atom stereocenters. The molecule has 0 aliphatic rings. The van der Waals surface area contributed by atoms with E-state index in [1.165, 1.54) is 23.9 Å². The van der Waals surface area contributed by atoms with Gasteiger partial charge in [-0.3, -0.25) is 4.79 Å². The maximum atomic E-state index is 13.0. The predicted octanol–water partition coefficient (Wildman–Crippen LogP) is 4.66. The average Bonchev–Trinajstić information content (AvgIpc) is 2.31. The van der Waals surface area contributed by atoms with Gasteiger partial charge < -0.3 is 0 Å². The van der Waals surface area contributed by atoms with Gasteiger partial charge >= 0.3 is 0 Å². The molecule has 0 fully saturated rings. The van der Waals surface area contributed by atoms with Crippen molar-refractivity contribution in [2.24, 2.45) is 0 Å². The van der Waals surface area contributed by atoms with E-state index >= 15 is 0 Å². The highest BCUT2D eigenvalue weighted by Gasteiger charge is 2.06. The summed E-state index contributed by atoms with van der Waals surface area (Å²) in [7, 11) is 0. The molecule has 1 nitrogen and oxygen atoms in total. The number of alkyl halides is 1. The summed E-state index contributed by atoms with van der Waals surface area (Å²) in [6.07, 6.45) is 2.24. The molecule has 94 valence electrons. The molecule has 0 aromatic heterocycles. The minimum Gasteiger partial charge on any atom is -0.299 e. The third-order valence-electron chi connectivity index (χ3n) is 2.12. The summed E-state index contributed by atoms with van der Waals surface area (Å²) in [5.41, 5.74) is 0. The van der Waals surface area contributed by atoms with Crippen molar-refractivity contribution in [1.29, 1.82) is 0 Å². The minimum absolute atomic E-state index is 0.177. The van der Waals surface area contributed by atoms with E-state index in [4.69, 9.17) is 11.6 Å². The number of Topliss-reactive ketones (excluding diaryl/α,β-unsaturated/α-hetero) is 1. The fourth-order valence-electron chi connectivity index (χ4n) is 1.23. The summed E-state index contributed by atoms with van der Waals surface area (Å²) in [4.78, 5) is 12.3. The molecule has 0 amide bonds. The molecule has 0 aliphatic heterocycles. The van der Waals surface area contributed by atoms with Crippen LogP contribution in [0.15, 0.2) is 27.6 Å². The second-order valence-electron chi connectivity index (χ2n) is 3.55. The fraction of sp³-hybridized carbons (Fsp3) is 0.417. The molecule has 0 heterocycles. The SMILES string of the molecule is O=C(CCCCCl)CSc1cc(F)ccc1Br. The van der Waals surface area contributed by atoms with Crippen LogP contribution >= 0.6 is 39.3 Å². The Labute approximate surface area is 118 Å². The van der Waals surface area contributed by atoms with E-state index < -0.39 is 0 Å². The van der Waals surface area contributed by atoms with E-state index in [2.05, 4.69) is 15.9 Å². The van der Waals surface area contributed by atoms with Gasteiger partial charge in [-0.25, -0.2) is 4.39 Å². The molecule has 0 saturated carbocycles. The molecule has 0 radical (unpaired) electrons. The van der Waals surface area contributed by atoms with Crippen molar-refractivity contribution in [1.82, 2.24) is 0 Å². The van der Waals surface area contributed by atoms with Gasteiger partial charge in [0.25, 0.3) is 0 Å². The van der Waals surface area contributed by atoms with E-state index in [1.807, 2.05) is 0 Å². The Hall–Kier alpha value is -0.0600. The zero-order valence-corrected chi connectivity index (χ0v) is 12.4. The van der Waals surface area contributed by atoms with Gasteiger partial charge in [0.15, 0.2) is 0 Å². The number of rotatable bonds is 7. The van der Waals surface area contributed by atoms with Crippen LogP contribution in [0.5, 0.6) is 0 Å². The maximum Gasteiger partial charge on any atom is 0.143 e. The van der Waals surface area contributed by atoms with Crippen LogP contribution in [0.2, 0.25) is 0 Å². The topological polar surface area (TPSA) is 17.1 Å². The number of halogens is 3. The van der Waals surface area contributed by atoms with Crippen molar-refractivity contribution in [3.05, 3.63) is 28.5 Å². The lowest BCUT2D eigenvalue weighted by Crippen LogP contribution is -2.01. The molecular weight excluding hydrogens is 327 g/mol. The zero-order chi connectivity index (χ0) is 12.7. The number of hydrogen-bond acceptors (Lipinski definition) is 2. The molecule has 0 unspecified atom stereocenters. The number of ketones is 1. The van der Waals surface area contributed by atoms with Gasteiger partial charge in [0.05, 0.1) is 5.75 Å². The summed E-state index contributed by atoms with van der Waals surface area (Å²) in [5.74, 6) is 0.863. The Balaban J connectivity index is 2.39. The van der Waals surface area contributed by atoms with Gasteiger partial charge in [0.1, 0.15) is 11.6 Å². The first-order valence-electron chi connectivity index (χ1n) is 5.29. The van der Waals surface area contributed by atoms with Crippen molar-refractivity contribution in [2.75, 3.05) is 11.6 Å². The quantitative estimate of drug-likeness (QED) is 0.408. The first-order valence-corrected chi connectivity index (χ1v) is 7.60. The Morgan fingerprint density at radius 1 is 1.41 bits per heavy atom. The number of unbranched alkanes of at least 4 members (excludes halogenated alkanes) is 1. The molecule has 5 heteroatoms. The number of hydrogen-bond donors (Lipinski definition) is 0. The standard InChI is InChI=1S/C12H13BrClFOS/c13-11-5-4-9(15)7-12(11)17-8-10(16)3-1-2-6-14/h4-5,7H,1-3,6,8H2. The van der Waals surface area contributed by atoms with Crippen molar-refractivity contribution in [3.8, 4) is 0 Å². The summed E-state index contributed by atoms with van der Waals surface area (Å²) in [6, 6.07) is 4.47. The summed E-state index contributed by atoms with van der Waals surface area (Å²) < 4.78 is 13.8. The molecule has 0 aliphatic carbocycles. The van der Waals surface area contributed by atoms with Crippen LogP contribution in [0.3, 0.4) is 0 Å². The highest BCUT2D eigenvalue weighted by Crippen LogP contribution is 2.28. The monoisotopic (exact) mass is 338 g/mol. The second-order valence-corrected chi connectivity index (χ2v) is 5.80. The number of carbonyl (C=O) groups is 1. The van der Waals surface area contributed by atoms with E-state index in [0.29, 0.717) is 18.1 Å². The summed E-state index contributed by atoms with van der Waals surface area (Å²) >= 11 is 10.2. The lowest BCUT2D eigenvalue weighted by Gasteiger charge is -2.04. The van der Waals surface area contributed by atoms with Gasteiger partial charge in [-0.15, -0.1) is 23.4 Å². The van der Waals surface area contributed by atoms with Crippen LogP contribution in [0.1, 0.15) is 19.3 Å². The first kappa shape index (κ1) is 15.0. The Bertz CT molecular complexity index is 387. The molecule has 0 bridgehead atoms. The lowest BCUT2D eigenvalue weighted by atomic mass is 10.2. The smallest absolute Gasteiger partial charge is 0.143 e. The largest absolute Gasteiger partial charge is 0.299 e. The highest BCUT2D eigenvalue weighted by atomic mass is 79.9. The van der Waals surface area contributed by atoms with Crippen LogP contribution in [-0.2, 0) is 4.79 Å².